The number of nitrogens with zero attached hydrogens (tertiary/aromatic N) is 3. The van der Waals surface area contributed by atoms with Crippen LogP contribution in [0.3, 0.4) is 0 Å². The highest BCUT2D eigenvalue weighted by Gasteiger charge is 2.18. The molecule has 1 heterocycles. The maximum absolute atomic E-state index is 12.8. The summed E-state index contributed by atoms with van der Waals surface area (Å²) in [7, 11) is 0. The van der Waals surface area contributed by atoms with E-state index in [1.54, 1.807) is 19.3 Å². The lowest BCUT2D eigenvalue weighted by Gasteiger charge is -2.08. The third-order valence-electron chi connectivity index (χ3n) is 2.68. The van der Waals surface area contributed by atoms with Crippen LogP contribution in [0.5, 0.6) is 0 Å². The minimum absolute atomic E-state index is 0.0165. The Balaban J connectivity index is 2.02. The third-order valence-corrected chi connectivity index (χ3v) is 3.09. The fourth-order valence-electron chi connectivity index (χ4n) is 1.48. The van der Waals surface area contributed by atoms with Crippen molar-refractivity contribution in [1.29, 1.82) is 0 Å². The third kappa shape index (κ3) is 3.88. The van der Waals surface area contributed by atoms with Crippen molar-refractivity contribution in [3.05, 3.63) is 52.5 Å². The van der Waals surface area contributed by atoms with E-state index in [4.69, 9.17) is 10.6 Å². The number of carbonyl (C=O) groups excluding carboxylic acids is 1. The summed E-state index contributed by atoms with van der Waals surface area (Å²) in [6.07, 6.45) is 3.19. The van der Waals surface area contributed by atoms with Crippen LogP contribution in [0.2, 0.25) is 0 Å². The van der Waals surface area contributed by atoms with Crippen LogP contribution < -0.4 is 5.73 Å². The summed E-state index contributed by atoms with van der Waals surface area (Å²) in [5, 5.41) is 7.53. The maximum Gasteiger partial charge on any atom is 0.359 e. The van der Waals surface area contributed by atoms with Gasteiger partial charge in [-0.1, -0.05) is 5.16 Å². The summed E-state index contributed by atoms with van der Waals surface area (Å²) < 4.78 is 15.0. The molecule has 6 nitrogen and oxygen atoms in total. The van der Waals surface area contributed by atoms with Crippen LogP contribution in [-0.2, 0) is 9.63 Å². The summed E-state index contributed by atoms with van der Waals surface area (Å²) in [5.41, 5.74) is 6.11. The highest BCUT2D eigenvalue weighted by molar-refractivity contribution is 9.10. The molecule has 110 valence electrons. The average molecular weight is 355 g/mol. The molecule has 2 rings (SSSR count). The van der Waals surface area contributed by atoms with Crippen molar-refractivity contribution in [3.8, 4) is 0 Å². The summed E-state index contributed by atoms with van der Waals surface area (Å²) in [5.74, 6) is -1.02. The lowest BCUT2D eigenvalue weighted by atomic mass is 10.2. The van der Waals surface area contributed by atoms with E-state index in [-0.39, 0.29) is 11.7 Å². The summed E-state index contributed by atoms with van der Waals surface area (Å²) >= 11 is 3.23. The lowest BCUT2D eigenvalue weighted by molar-refractivity contribution is -0.147. The number of aromatic nitrogens is 2. The lowest BCUT2D eigenvalue weighted by Crippen LogP contribution is -2.20. The van der Waals surface area contributed by atoms with Gasteiger partial charge in [0.2, 0.25) is 0 Å². The standard InChI is InChI=1S/C13H12BrFN4O2/c1-8(19-7-10(14)6-17-19)13(20)21-18-12(16)9-2-4-11(15)5-3-9/h2-8H,1H3,(H2,16,18). The zero-order chi connectivity index (χ0) is 15.4. The quantitative estimate of drug-likeness (QED) is 0.395. The van der Waals surface area contributed by atoms with Gasteiger partial charge in [-0.25, -0.2) is 9.18 Å². The Hall–Kier alpha value is -2.22. The SMILES string of the molecule is CC(C(=O)O/N=C(\N)c1ccc(F)cc1)n1cc(Br)cn1. The molecule has 8 heteroatoms. The molecule has 0 aliphatic heterocycles. The molecule has 1 unspecified atom stereocenters. The zero-order valence-electron chi connectivity index (χ0n) is 11.0. The summed E-state index contributed by atoms with van der Waals surface area (Å²) in [6, 6.07) is 4.71. The fraction of sp³-hybridized carbons (Fsp3) is 0.154. The Bertz CT molecular complexity index is 669. The Labute approximate surface area is 128 Å². The smallest absolute Gasteiger partial charge is 0.359 e. The van der Waals surface area contributed by atoms with E-state index < -0.39 is 12.0 Å². The second-order valence-electron chi connectivity index (χ2n) is 4.21. The minimum atomic E-state index is -0.652. The summed E-state index contributed by atoms with van der Waals surface area (Å²) in [4.78, 5) is 16.6. The number of benzene rings is 1. The molecule has 0 aliphatic rings. The molecular formula is C13H12BrFN4O2. The van der Waals surface area contributed by atoms with Crippen molar-refractivity contribution < 1.29 is 14.0 Å². The Morgan fingerprint density at radius 3 is 2.71 bits per heavy atom. The van der Waals surface area contributed by atoms with Gasteiger partial charge in [0.05, 0.1) is 10.7 Å². The molecule has 2 aromatic rings. The van der Waals surface area contributed by atoms with Crippen LogP contribution in [0, 0.1) is 5.82 Å². The first kappa shape index (κ1) is 15.2. The molecule has 0 saturated heterocycles. The van der Waals surface area contributed by atoms with Crippen LogP contribution in [0.15, 0.2) is 46.3 Å². The minimum Gasteiger partial charge on any atom is -0.380 e. The normalized spacial score (nSPS) is 13.0. The van der Waals surface area contributed by atoms with Crippen molar-refractivity contribution in [2.45, 2.75) is 13.0 Å². The monoisotopic (exact) mass is 354 g/mol. The van der Waals surface area contributed by atoms with Crippen molar-refractivity contribution in [3.63, 3.8) is 0 Å². The van der Waals surface area contributed by atoms with E-state index in [2.05, 4.69) is 26.2 Å². The van der Waals surface area contributed by atoms with Crippen LogP contribution in [0.1, 0.15) is 18.5 Å². The van der Waals surface area contributed by atoms with Gasteiger partial charge in [0.15, 0.2) is 5.84 Å². The number of carbonyl (C=O) groups is 1. The molecule has 1 aromatic carbocycles. The first-order chi connectivity index (χ1) is 9.97. The predicted molar refractivity (Wildman–Crippen MR) is 77.9 cm³/mol. The molecule has 21 heavy (non-hydrogen) atoms. The van der Waals surface area contributed by atoms with Gasteiger partial charge in [-0.15, -0.1) is 0 Å². The van der Waals surface area contributed by atoms with E-state index in [1.807, 2.05) is 0 Å². The van der Waals surface area contributed by atoms with Gasteiger partial charge in [-0.2, -0.15) is 5.10 Å². The van der Waals surface area contributed by atoms with Crippen molar-refractivity contribution >= 4 is 27.7 Å². The molecule has 2 N–H and O–H groups in total. The first-order valence-corrected chi connectivity index (χ1v) is 6.76. The van der Waals surface area contributed by atoms with Gasteiger partial charge < -0.3 is 10.6 Å². The predicted octanol–water partition coefficient (Wildman–Crippen LogP) is 2.21. The van der Waals surface area contributed by atoms with Gasteiger partial charge in [0.1, 0.15) is 11.9 Å². The van der Waals surface area contributed by atoms with Crippen molar-refractivity contribution in [2.75, 3.05) is 0 Å². The molecule has 0 saturated carbocycles. The van der Waals surface area contributed by atoms with Gasteiger partial charge in [0.25, 0.3) is 0 Å². The average Bonchev–Trinajstić information content (AvgIpc) is 2.91. The Morgan fingerprint density at radius 2 is 2.14 bits per heavy atom. The number of nitrogens with two attached hydrogens (primary N) is 1. The van der Waals surface area contributed by atoms with Crippen LogP contribution in [0.25, 0.3) is 0 Å². The highest BCUT2D eigenvalue weighted by atomic mass is 79.9. The molecule has 0 radical (unpaired) electrons. The number of oxime groups is 1. The highest BCUT2D eigenvalue weighted by Crippen LogP contribution is 2.13. The molecular weight excluding hydrogens is 343 g/mol. The second kappa shape index (κ2) is 6.49. The molecule has 0 amide bonds. The van der Waals surface area contributed by atoms with Gasteiger partial charge >= 0.3 is 5.97 Å². The largest absolute Gasteiger partial charge is 0.380 e. The Kier molecular flexibility index (Phi) is 4.69. The van der Waals surface area contributed by atoms with Gasteiger partial charge in [-0.3, -0.25) is 4.68 Å². The van der Waals surface area contributed by atoms with E-state index >= 15 is 0 Å². The van der Waals surface area contributed by atoms with Crippen LogP contribution >= 0.6 is 15.9 Å². The Morgan fingerprint density at radius 1 is 1.48 bits per heavy atom. The summed E-state index contributed by atoms with van der Waals surface area (Å²) in [6.45, 7) is 1.62. The molecule has 0 fully saturated rings. The second-order valence-corrected chi connectivity index (χ2v) is 5.12. The molecule has 0 spiro atoms. The van der Waals surface area contributed by atoms with Crippen molar-refractivity contribution in [2.24, 2.45) is 10.9 Å². The maximum atomic E-state index is 12.8. The van der Waals surface area contributed by atoms with Crippen LogP contribution in [-0.4, -0.2) is 21.6 Å². The number of hydrogen-bond acceptors (Lipinski definition) is 4. The fourth-order valence-corrected chi connectivity index (χ4v) is 1.78. The zero-order valence-corrected chi connectivity index (χ0v) is 12.6. The van der Waals surface area contributed by atoms with Crippen molar-refractivity contribution in [1.82, 2.24) is 9.78 Å². The van der Waals surface area contributed by atoms with E-state index in [0.29, 0.717) is 5.56 Å². The number of hydrogen-bond donors (Lipinski definition) is 1. The molecule has 1 atom stereocenters. The van der Waals surface area contributed by atoms with Gasteiger partial charge in [0, 0.05) is 11.8 Å². The molecule has 0 aliphatic carbocycles. The molecule has 0 bridgehead atoms. The molecule has 1 aromatic heterocycles. The van der Waals surface area contributed by atoms with Gasteiger partial charge in [-0.05, 0) is 47.1 Å². The van der Waals surface area contributed by atoms with E-state index in [9.17, 15) is 9.18 Å². The number of halogens is 2. The van der Waals surface area contributed by atoms with E-state index in [1.165, 1.54) is 28.9 Å². The number of amidine groups is 1. The number of rotatable bonds is 4. The van der Waals surface area contributed by atoms with E-state index in [0.717, 1.165) is 4.47 Å². The first-order valence-electron chi connectivity index (χ1n) is 5.97. The topological polar surface area (TPSA) is 82.5 Å². The van der Waals surface area contributed by atoms with Crippen LogP contribution in [0.4, 0.5) is 4.39 Å².